The van der Waals surface area contributed by atoms with E-state index in [1.807, 2.05) is 0 Å². The molecular weight excluding hydrogens is 353 g/mol. The fraction of sp³-hybridized carbons (Fsp3) is 0.647. The van der Waals surface area contributed by atoms with E-state index in [1.54, 1.807) is 10.9 Å². The highest BCUT2D eigenvalue weighted by Gasteiger charge is 2.44. The SMILES string of the molecule is C=P(C)(C)CC[C@H]1O[C@@H](n2cnc3c(NCCC)ncnc32)[C@H](O)[C@@H]1O. The molecule has 8 nitrogen and oxygen atoms in total. The van der Waals surface area contributed by atoms with Crippen molar-refractivity contribution in [2.45, 2.75) is 44.3 Å². The summed E-state index contributed by atoms with van der Waals surface area (Å²) in [6, 6.07) is 0. The summed E-state index contributed by atoms with van der Waals surface area (Å²) in [6.45, 7) is 5.93. The number of hydrogen-bond acceptors (Lipinski definition) is 7. The van der Waals surface area contributed by atoms with Crippen LogP contribution in [0.2, 0.25) is 0 Å². The molecule has 3 heterocycles. The predicted octanol–water partition coefficient (Wildman–Crippen LogP) is 1.37. The third-order valence-electron chi connectivity index (χ3n) is 4.53. The van der Waals surface area contributed by atoms with Crippen molar-refractivity contribution in [3.8, 4) is 0 Å². The van der Waals surface area contributed by atoms with Crippen LogP contribution < -0.4 is 5.32 Å². The molecule has 0 amide bonds. The van der Waals surface area contributed by atoms with Crippen LogP contribution in [0.1, 0.15) is 26.0 Å². The van der Waals surface area contributed by atoms with Gasteiger partial charge in [-0.1, -0.05) is 6.92 Å². The van der Waals surface area contributed by atoms with Gasteiger partial charge in [0.15, 0.2) is 23.2 Å². The van der Waals surface area contributed by atoms with Gasteiger partial charge in [-0.25, -0.2) is 15.0 Å². The lowest BCUT2D eigenvalue weighted by molar-refractivity contribution is -0.0353. The van der Waals surface area contributed by atoms with Gasteiger partial charge in [-0.15, -0.1) is 13.2 Å². The molecule has 1 aliphatic rings. The predicted molar refractivity (Wildman–Crippen MR) is 105 cm³/mol. The maximum Gasteiger partial charge on any atom is 0.167 e. The van der Waals surface area contributed by atoms with Crippen molar-refractivity contribution in [1.29, 1.82) is 0 Å². The van der Waals surface area contributed by atoms with Crippen molar-refractivity contribution in [1.82, 2.24) is 19.5 Å². The Kier molecular flexibility index (Phi) is 5.67. The highest BCUT2D eigenvalue weighted by atomic mass is 31.2. The number of hydrogen-bond donors (Lipinski definition) is 3. The molecule has 0 saturated carbocycles. The zero-order valence-electron chi connectivity index (χ0n) is 15.5. The van der Waals surface area contributed by atoms with Gasteiger partial charge >= 0.3 is 0 Å². The van der Waals surface area contributed by atoms with E-state index < -0.39 is 31.4 Å². The second-order valence-corrected chi connectivity index (χ2v) is 11.8. The summed E-state index contributed by atoms with van der Waals surface area (Å²) in [4.78, 5) is 12.9. The number of aliphatic hydroxyl groups is 2. The number of imidazole rings is 1. The van der Waals surface area contributed by atoms with Crippen molar-refractivity contribution in [3.05, 3.63) is 12.7 Å². The first kappa shape index (κ1) is 19.3. The third kappa shape index (κ3) is 3.93. The average molecular weight is 381 g/mol. The molecule has 0 spiro atoms. The van der Waals surface area contributed by atoms with E-state index in [4.69, 9.17) is 4.74 Å². The molecule has 0 aliphatic carbocycles. The minimum Gasteiger partial charge on any atom is -0.388 e. The Hall–Kier alpha value is -1.47. The maximum atomic E-state index is 10.5. The Morgan fingerprint density at radius 2 is 2.04 bits per heavy atom. The Bertz CT molecular complexity index is 805. The number of ether oxygens (including phenoxy) is 1. The minimum absolute atomic E-state index is 0.423. The lowest BCUT2D eigenvalue weighted by Gasteiger charge is -2.18. The Balaban J connectivity index is 1.83. The first-order valence-corrected chi connectivity index (χ1v) is 12.0. The molecule has 144 valence electrons. The Morgan fingerprint density at radius 1 is 1.27 bits per heavy atom. The van der Waals surface area contributed by atoms with Gasteiger partial charge in [-0.05, 0) is 32.3 Å². The number of aliphatic hydroxyl groups excluding tert-OH is 2. The number of rotatable bonds is 7. The van der Waals surface area contributed by atoms with Gasteiger partial charge in [-0.2, -0.15) is 0 Å². The first-order valence-electron chi connectivity index (χ1n) is 8.92. The standard InChI is InChI=1S/C17H28N5O3P/c1-5-7-18-15-12-16(20-9-19-15)22(10-21-12)17-14(24)13(23)11(25-17)6-8-26(2,3)4/h9-11,13-14,17,23-24H,2,5-8H2,1,3-4H3,(H,18,19,20)/t11-,13-,14-,17-/m1/s1. The van der Waals surface area contributed by atoms with Crippen LogP contribution >= 0.6 is 6.89 Å². The lowest BCUT2D eigenvalue weighted by Crippen LogP contribution is -2.31. The number of nitrogens with one attached hydrogen (secondary N) is 1. The molecule has 1 saturated heterocycles. The van der Waals surface area contributed by atoms with Crippen LogP contribution in [0.15, 0.2) is 12.7 Å². The molecule has 4 atom stereocenters. The topological polar surface area (TPSA) is 105 Å². The molecule has 3 N–H and O–H groups in total. The molecule has 0 aromatic carbocycles. The van der Waals surface area contributed by atoms with E-state index in [0.29, 0.717) is 23.4 Å². The van der Waals surface area contributed by atoms with Crippen LogP contribution in [0.5, 0.6) is 0 Å². The summed E-state index contributed by atoms with van der Waals surface area (Å²) < 4.78 is 7.66. The van der Waals surface area contributed by atoms with Gasteiger partial charge in [0.05, 0.1) is 12.4 Å². The van der Waals surface area contributed by atoms with Crippen LogP contribution in [0.4, 0.5) is 5.82 Å². The molecule has 2 aromatic rings. The molecule has 0 bridgehead atoms. The van der Waals surface area contributed by atoms with E-state index in [-0.39, 0.29) is 0 Å². The van der Waals surface area contributed by atoms with Gasteiger partial charge < -0.3 is 20.3 Å². The summed E-state index contributed by atoms with van der Waals surface area (Å²) >= 11 is 0. The Morgan fingerprint density at radius 3 is 2.73 bits per heavy atom. The highest BCUT2D eigenvalue weighted by Crippen LogP contribution is 2.40. The molecule has 9 heteroatoms. The van der Waals surface area contributed by atoms with Crippen LogP contribution in [-0.4, -0.2) is 80.4 Å². The van der Waals surface area contributed by atoms with Crippen molar-refractivity contribution >= 4 is 30.2 Å². The van der Waals surface area contributed by atoms with Gasteiger partial charge in [0, 0.05) is 6.54 Å². The molecule has 1 aliphatic heterocycles. The number of fused-ring (bicyclic) bond motifs is 1. The van der Waals surface area contributed by atoms with Gasteiger partial charge in [-0.3, -0.25) is 4.57 Å². The summed E-state index contributed by atoms with van der Waals surface area (Å²) in [7, 11) is 0. The summed E-state index contributed by atoms with van der Waals surface area (Å²) in [5.41, 5.74) is 1.19. The van der Waals surface area contributed by atoms with Crippen LogP contribution in [0.3, 0.4) is 0 Å². The molecule has 3 rings (SSSR count). The highest BCUT2D eigenvalue weighted by molar-refractivity contribution is 7.72. The van der Waals surface area contributed by atoms with E-state index in [9.17, 15) is 10.2 Å². The summed E-state index contributed by atoms with van der Waals surface area (Å²) in [5, 5.41) is 24.1. The largest absolute Gasteiger partial charge is 0.388 e. The molecular formula is C17H28N5O3P. The van der Waals surface area contributed by atoms with Crippen molar-refractivity contribution < 1.29 is 14.9 Å². The third-order valence-corrected chi connectivity index (χ3v) is 6.00. The molecule has 2 aromatic heterocycles. The van der Waals surface area contributed by atoms with Crippen LogP contribution in [-0.2, 0) is 4.74 Å². The normalized spacial score (nSPS) is 26.5. The number of aromatic nitrogens is 4. The maximum absolute atomic E-state index is 10.5. The van der Waals surface area contributed by atoms with Crippen LogP contribution in [0.25, 0.3) is 11.2 Å². The average Bonchev–Trinajstić information content (AvgIpc) is 3.13. The van der Waals surface area contributed by atoms with E-state index in [1.165, 1.54) is 6.33 Å². The van der Waals surface area contributed by atoms with Crippen LogP contribution in [0, 0.1) is 0 Å². The van der Waals surface area contributed by atoms with Crippen molar-refractivity contribution in [3.63, 3.8) is 0 Å². The first-order chi connectivity index (χ1) is 12.3. The Labute approximate surface area is 153 Å². The fourth-order valence-corrected chi connectivity index (χ4v) is 4.04. The molecule has 0 unspecified atom stereocenters. The molecule has 1 fully saturated rings. The summed E-state index contributed by atoms with van der Waals surface area (Å²) in [6.07, 6.45) is 6.65. The second-order valence-electron chi connectivity index (χ2n) is 7.47. The van der Waals surface area contributed by atoms with Gasteiger partial charge in [0.1, 0.15) is 18.5 Å². The van der Waals surface area contributed by atoms with E-state index in [0.717, 1.165) is 19.1 Å². The van der Waals surface area contributed by atoms with Gasteiger partial charge in [0.25, 0.3) is 0 Å². The fourth-order valence-electron chi connectivity index (χ4n) is 3.09. The van der Waals surface area contributed by atoms with E-state index >= 15 is 0 Å². The van der Waals surface area contributed by atoms with Crippen molar-refractivity contribution in [2.24, 2.45) is 0 Å². The quantitative estimate of drug-likeness (QED) is 0.622. The smallest absolute Gasteiger partial charge is 0.167 e. The monoisotopic (exact) mass is 381 g/mol. The summed E-state index contributed by atoms with van der Waals surface area (Å²) in [5.74, 6) is 0.656. The molecule has 0 radical (unpaired) electrons. The van der Waals surface area contributed by atoms with Crippen molar-refractivity contribution in [2.75, 3.05) is 31.4 Å². The molecule has 26 heavy (non-hydrogen) atoms. The number of nitrogens with zero attached hydrogens (tertiary/aromatic N) is 4. The number of anilines is 1. The van der Waals surface area contributed by atoms with Gasteiger partial charge in [0.2, 0.25) is 0 Å². The lowest BCUT2D eigenvalue weighted by atomic mass is 10.1. The van der Waals surface area contributed by atoms with E-state index in [2.05, 4.69) is 46.8 Å². The second kappa shape index (κ2) is 7.64. The zero-order chi connectivity index (χ0) is 18.9. The minimum atomic E-state index is -1.22. The zero-order valence-corrected chi connectivity index (χ0v) is 16.4.